The first kappa shape index (κ1) is 29.0. The predicted molar refractivity (Wildman–Crippen MR) is 148 cm³/mol. The lowest BCUT2D eigenvalue weighted by atomic mass is 9.99. The first-order valence-electron chi connectivity index (χ1n) is 13.3. The highest BCUT2D eigenvalue weighted by molar-refractivity contribution is 5.94. The molecule has 0 aliphatic carbocycles. The number of hydrogen-bond donors (Lipinski definition) is 2. The lowest BCUT2D eigenvalue weighted by molar-refractivity contribution is -0.148. The molecule has 0 aromatic carbocycles. The van der Waals surface area contributed by atoms with Gasteiger partial charge in [-0.1, -0.05) is 39.0 Å². The zero-order valence-corrected chi connectivity index (χ0v) is 23.3. The molecule has 9 heteroatoms. The molecule has 0 atom stereocenters. The maximum atomic E-state index is 12.7. The Balaban J connectivity index is 0.00000127. The van der Waals surface area contributed by atoms with Crippen LogP contribution >= 0.6 is 0 Å². The van der Waals surface area contributed by atoms with E-state index in [-0.39, 0.29) is 17.5 Å². The van der Waals surface area contributed by atoms with Gasteiger partial charge in [-0.15, -0.1) is 10.2 Å². The van der Waals surface area contributed by atoms with Gasteiger partial charge < -0.3 is 19.9 Å². The number of pyridine rings is 1. The Morgan fingerprint density at radius 2 is 1.89 bits per heavy atom. The van der Waals surface area contributed by atoms with Crippen molar-refractivity contribution in [3.05, 3.63) is 71.2 Å². The van der Waals surface area contributed by atoms with Gasteiger partial charge in [0.15, 0.2) is 5.82 Å². The fourth-order valence-electron chi connectivity index (χ4n) is 4.36. The summed E-state index contributed by atoms with van der Waals surface area (Å²) < 4.78 is 2.16. The fourth-order valence-corrected chi connectivity index (χ4v) is 4.36. The summed E-state index contributed by atoms with van der Waals surface area (Å²) in [5.74, 6) is 1.19. The molecule has 2 aliphatic heterocycles. The number of fused-ring (bicyclic) bond motifs is 2. The third kappa shape index (κ3) is 7.25. The summed E-state index contributed by atoms with van der Waals surface area (Å²) in [4.78, 5) is 31.1. The molecule has 0 radical (unpaired) electrons. The van der Waals surface area contributed by atoms with Crippen LogP contribution in [0.2, 0.25) is 0 Å². The van der Waals surface area contributed by atoms with E-state index in [0.29, 0.717) is 25.2 Å². The summed E-state index contributed by atoms with van der Waals surface area (Å²) >= 11 is 0. The van der Waals surface area contributed by atoms with Crippen molar-refractivity contribution in [2.45, 2.75) is 85.4 Å². The second kappa shape index (κ2) is 12.8. The molecule has 9 nitrogen and oxygen atoms in total. The largest absolute Gasteiger partial charge is 0.381 e. The van der Waals surface area contributed by atoms with E-state index >= 15 is 0 Å². The zero-order chi connectivity index (χ0) is 27.9. The van der Waals surface area contributed by atoms with Crippen molar-refractivity contribution in [2.75, 3.05) is 6.54 Å². The fraction of sp³-hybridized carbons (Fsp3) is 0.483. The zero-order valence-electron chi connectivity index (χ0n) is 23.3. The van der Waals surface area contributed by atoms with Crippen LogP contribution in [0.25, 0.3) is 5.57 Å². The molecule has 0 fully saturated rings. The number of allylic oxidation sites excluding steroid dienone is 4. The summed E-state index contributed by atoms with van der Waals surface area (Å²) in [7, 11) is 0. The number of rotatable bonds is 6. The average molecular weight is 521 g/mol. The number of carbonyl (C=O) groups is 2. The van der Waals surface area contributed by atoms with Crippen LogP contribution in [0.1, 0.15) is 87.1 Å². The van der Waals surface area contributed by atoms with Crippen LogP contribution in [0.4, 0.5) is 0 Å². The summed E-state index contributed by atoms with van der Waals surface area (Å²) in [5, 5.41) is 21.4. The van der Waals surface area contributed by atoms with Gasteiger partial charge in [0.25, 0.3) is 11.8 Å². The molecule has 0 saturated heterocycles. The quantitative estimate of drug-likeness (QED) is 0.557. The molecular formula is C29H40N6O3. The Labute approximate surface area is 225 Å². The Kier molecular flexibility index (Phi) is 9.74. The molecule has 2 aromatic heterocycles. The average Bonchev–Trinajstić information content (AvgIpc) is 3.32. The lowest BCUT2D eigenvalue weighted by Gasteiger charge is -2.32. The molecular weight excluding hydrogens is 480 g/mol. The van der Waals surface area contributed by atoms with Crippen LogP contribution in [-0.2, 0) is 30.7 Å². The molecule has 0 spiro atoms. The predicted octanol–water partition coefficient (Wildman–Crippen LogP) is 3.98. The maximum absolute atomic E-state index is 12.7. The van der Waals surface area contributed by atoms with Gasteiger partial charge in [0.05, 0.1) is 0 Å². The van der Waals surface area contributed by atoms with Crippen LogP contribution in [-0.4, -0.2) is 53.7 Å². The van der Waals surface area contributed by atoms with Gasteiger partial charge in [-0.2, -0.15) is 0 Å². The third-order valence-electron chi connectivity index (χ3n) is 6.27. The monoisotopic (exact) mass is 520 g/mol. The van der Waals surface area contributed by atoms with Crippen LogP contribution in [0, 0.1) is 0 Å². The van der Waals surface area contributed by atoms with E-state index in [1.165, 1.54) is 20.3 Å². The normalized spacial score (nSPS) is 15.3. The van der Waals surface area contributed by atoms with E-state index in [2.05, 4.69) is 45.5 Å². The molecule has 2 amide bonds. The van der Waals surface area contributed by atoms with Crippen molar-refractivity contribution in [1.29, 1.82) is 0 Å². The number of nitrogens with zero attached hydrogens (tertiary/aromatic N) is 5. The van der Waals surface area contributed by atoms with Crippen LogP contribution in [0.15, 0.2) is 42.8 Å². The third-order valence-corrected chi connectivity index (χ3v) is 6.27. The molecule has 0 bridgehead atoms. The summed E-state index contributed by atoms with van der Waals surface area (Å²) in [6.07, 6.45) is 12.3. The van der Waals surface area contributed by atoms with E-state index in [9.17, 15) is 14.7 Å². The Morgan fingerprint density at radius 3 is 2.61 bits per heavy atom. The Morgan fingerprint density at radius 1 is 1.16 bits per heavy atom. The highest BCUT2D eigenvalue weighted by Gasteiger charge is 2.31. The standard InChI is InChI=1S/C26H32N6O3.C3H8/c1-17(23-30-29-22-10-5-6-12-32(22)23)8-7-9-18(2)28-24(33)21-14-20-16-31(25(34)26(3,4)35)13-11-19(20)15-27-21;1-3-2/h7-9,14-15,35H,2,5-6,10-13,16H2,1,3-4H3,(H,28,33);3H2,1-2H3/b9-7-,17-8+;. The summed E-state index contributed by atoms with van der Waals surface area (Å²) in [5.41, 5.74) is 2.08. The van der Waals surface area contributed by atoms with Gasteiger partial charge in [-0.25, -0.2) is 0 Å². The molecule has 4 rings (SSSR count). The van der Waals surface area contributed by atoms with Gasteiger partial charge in [-0.05, 0) is 68.9 Å². The second-order valence-electron chi connectivity index (χ2n) is 10.3. The van der Waals surface area contributed by atoms with Crippen molar-refractivity contribution in [2.24, 2.45) is 0 Å². The lowest BCUT2D eigenvalue weighted by Crippen LogP contribution is -2.47. The van der Waals surface area contributed by atoms with E-state index in [4.69, 9.17) is 0 Å². The van der Waals surface area contributed by atoms with Gasteiger partial charge in [0.1, 0.15) is 17.1 Å². The minimum absolute atomic E-state index is 0.248. The minimum atomic E-state index is -1.44. The van der Waals surface area contributed by atoms with Crippen LogP contribution in [0.5, 0.6) is 0 Å². The van der Waals surface area contributed by atoms with Crippen molar-refractivity contribution < 1.29 is 14.7 Å². The second-order valence-corrected chi connectivity index (χ2v) is 10.3. The molecule has 204 valence electrons. The van der Waals surface area contributed by atoms with Gasteiger partial charge in [0, 0.05) is 37.9 Å². The Hall–Kier alpha value is -3.59. The highest BCUT2D eigenvalue weighted by Crippen LogP contribution is 2.22. The minimum Gasteiger partial charge on any atom is -0.381 e. The number of aliphatic hydroxyl groups is 1. The number of nitrogens with one attached hydrogen (secondary N) is 1. The maximum Gasteiger partial charge on any atom is 0.274 e. The molecule has 2 aliphatic rings. The van der Waals surface area contributed by atoms with Crippen molar-refractivity contribution >= 4 is 17.4 Å². The number of amides is 2. The molecule has 38 heavy (non-hydrogen) atoms. The van der Waals surface area contributed by atoms with E-state index < -0.39 is 5.60 Å². The smallest absolute Gasteiger partial charge is 0.274 e. The molecule has 2 N–H and O–H groups in total. The van der Waals surface area contributed by atoms with Gasteiger partial charge in [0.2, 0.25) is 0 Å². The molecule has 2 aromatic rings. The SMILES string of the molecule is C=C(/C=C\C=C(/C)c1nnc2n1CCCC2)NC(=O)c1cc2c(cn1)CCN(C(=O)C(C)(C)O)C2.CCC. The Bertz CT molecular complexity index is 1240. The van der Waals surface area contributed by atoms with Crippen molar-refractivity contribution in [1.82, 2.24) is 30.0 Å². The van der Waals surface area contributed by atoms with E-state index in [0.717, 1.165) is 54.2 Å². The van der Waals surface area contributed by atoms with Crippen molar-refractivity contribution in [3.8, 4) is 0 Å². The number of carbonyl (C=O) groups excluding carboxylic acids is 2. The molecule has 0 unspecified atom stereocenters. The summed E-state index contributed by atoms with van der Waals surface area (Å²) in [6, 6.07) is 1.70. The number of hydrogen-bond acceptors (Lipinski definition) is 6. The number of aromatic nitrogens is 4. The highest BCUT2D eigenvalue weighted by atomic mass is 16.3. The van der Waals surface area contributed by atoms with Gasteiger partial charge in [-0.3, -0.25) is 14.6 Å². The van der Waals surface area contributed by atoms with Gasteiger partial charge >= 0.3 is 0 Å². The molecule has 4 heterocycles. The topological polar surface area (TPSA) is 113 Å². The van der Waals surface area contributed by atoms with Crippen molar-refractivity contribution in [3.63, 3.8) is 0 Å². The molecule has 0 saturated carbocycles. The number of aryl methyl sites for hydroxylation is 1. The van der Waals surface area contributed by atoms with Crippen LogP contribution in [0.3, 0.4) is 0 Å². The van der Waals surface area contributed by atoms with Crippen LogP contribution < -0.4 is 5.32 Å². The van der Waals surface area contributed by atoms with E-state index in [1.807, 2.05) is 19.1 Å². The first-order chi connectivity index (χ1) is 18.0. The first-order valence-corrected chi connectivity index (χ1v) is 13.3. The van der Waals surface area contributed by atoms with E-state index in [1.54, 1.807) is 23.2 Å². The summed E-state index contributed by atoms with van der Waals surface area (Å²) in [6.45, 7) is 14.9.